The Bertz CT molecular complexity index is 1050. The number of likely N-dealkylation sites (tertiary alicyclic amines) is 1. The van der Waals surface area contributed by atoms with Crippen molar-refractivity contribution in [3.8, 4) is 0 Å². The third-order valence-corrected chi connectivity index (χ3v) is 9.69. The SMILES string of the molecule is CCC(C)C(CC(C)C)C(CC(=O)N1CCCC1C(OC)C(C)C(=O)NC(Cc1ccccc1)c1nccs1)OC. The molecular formula is C33H51N3O4S. The van der Waals surface area contributed by atoms with Gasteiger partial charge in [0.15, 0.2) is 0 Å². The lowest BCUT2D eigenvalue weighted by Gasteiger charge is -2.36. The lowest BCUT2D eigenvalue weighted by molar-refractivity contribution is -0.143. The quantitative estimate of drug-likeness (QED) is 0.250. The van der Waals surface area contributed by atoms with E-state index in [4.69, 9.17) is 9.47 Å². The third kappa shape index (κ3) is 9.10. The highest BCUT2D eigenvalue weighted by molar-refractivity contribution is 7.09. The van der Waals surface area contributed by atoms with Crippen LogP contribution in [0.25, 0.3) is 0 Å². The summed E-state index contributed by atoms with van der Waals surface area (Å²) in [5.41, 5.74) is 1.14. The van der Waals surface area contributed by atoms with Crippen molar-refractivity contribution in [1.82, 2.24) is 15.2 Å². The van der Waals surface area contributed by atoms with E-state index in [1.54, 1.807) is 31.8 Å². The molecule has 1 N–H and O–H groups in total. The molecule has 1 aliphatic rings. The monoisotopic (exact) mass is 585 g/mol. The van der Waals surface area contributed by atoms with Crippen LogP contribution in [0.1, 0.15) is 83.3 Å². The molecule has 7 unspecified atom stereocenters. The summed E-state index contributed by atoms with van der Waals surface area (Å²) >= 11 is 1.54. The van der Waals surface area contributed by atoms with Gasteiger partial charge < -0.3 is 19.7 Å². The number of benzene rings is 1. The number of aromatic nitrogens is 1. The maximum atomic E-state index is 13.8. The molecule has 1 aliphatic heterocycles. The van der Waals surface area contributed by atoms with Crippen LogP contribution in [-0.4, -0.2) is 60.7 Å². The van der Waals surface area contributed by atoms with E-state index in [1.807, 2.05) is 35.4 Å². The minimum Gasteiger partial charge on any atom is -0.381 e. The molecule has 0 bridgehead atoms. The number of thiazole rings is 1. The van der Waals surface area contributed by atoms with Crippen LogP contribution >= 0.6 is 11.3 Å². The van der Waals surface area contributed by atoms with Crippen molar-refractivity contribution in [2.24, 2.45) is 23.7 Å². The Morgan fingerprint density at radius 3 is 2.44 bits per heavy atom. The molecule has 228 valence electrons. The molecular weight excluding hydrogens is 534 g/mol. The van der Waals surface area contributed by atoms with Crippen LogP contribution in [0.5, 0.6) is 0 Å². The Morgan fingerprint density at radius 1 is 1.12 bits per heavy atom. The summed E-state index contributed by atoms with van der Waals surface area (Å²) in [4.78, 5) is 33.9. The molecule has 8 heteroatoms. The van der Waals surface area contributed by atoms with Crippen LogP contribution < -0.4 is 5.32 Å². The molecule has 7 nitrogen and oxygen atoms in total. The Balaban J connectivity index is 1.71. The number of ether oxygens (including phenoxy) is 2. The van der Waals surface area contributed by atoms with Crippen LogP contribution in [0, 0.1) is 23.7 Å². The lowest BCUT2D eigenvalue weighted by atomic mass is 9.80. The normalized spacial score (nSPS) is 19.9. The van der Waals surface area contributed by atoms with Crippen LogP contribution in [0.3, 0.4) is 0 Å². The van der Waals surface area contributed by atoms with Gasteiger partial charge in [0.05, 0.1) is 36.6 Å². The average molecular weight is 586 g/mol. The number of methoxy groups -OCH3 is 2. The standard InChI is InChI=1S/C33H51N3O4S/c1-8-23(4)26(19-22(2)3)29(39-6)21-30(37)36-17-12-15-28(36)31(40-7)24(5)32(38)35-27(33-34-16-18-41-33)20-25-13-10-9-11-14-25/h9-11,13-14,16,18,22-24,26-29,31H,8,12,15,17,19-21H2,1-7H3,(H,35,38). The highest BCUT2D eigenvalue weighted by atomic mass is 32.1. The van der Waals surface area contributed by atoms with Gasteiger partial charge in [-0.05, 0) is 49.0 Å². The molecule has 0 radical (unpaired) electrons. The van der Waals surface area contributed by atoms with Gasteiger partial charge in [-0.25, -0.2) is 4.98 Å². The van der Waals surface area contributed by atoms with Crippen LogP contribution in [0.4, 0.5) is 0 Å². The van der Waals surface area contributed by atoms with Crippen LogP contribution in [0.2, 0.25) is 0 Å². The maximum Gasteiger partial charge on any atom is 0.226 e. The smallest absolute Gasteiger partial charge is 0.226 e. The van der Waals surface area contributed by atoms with Gasteiger partial charge in [0, 0.05) is 32.3 Å². The zero-order chi connectivity index (χ0) is 29.9. The van der Waals surface area contributed by atoms with Crippen molar-refractivity contribution in [1.29, 1.82) is 0 Å². The predicted octanol–water partition coefficient (Wildman–Crippen LogP) is 6.30. The van der Waals surface area contributed by atoms with E-state index in [9.17, 15) is 9.59 Å². The number of amides is 2. The van der Waals surface area contributed by atoms with Gasteiger partial charge in [-0.2, -0.15) is 0 Å². The molecule has 1 fully saturated rings. The van der Waals surface area contributed by atoms with E-state index in [0.717, 1.165) is 36.3 Å². The zero-order valence-corrected chi connectivity index (χ0v) is 26.9. The molecule has 1 aromatic carbocycles. The lowest BCUT2D eigenvalue weighted by Crippen LogP contribution is -2.51. The zero-order valence-electron chi connectivity index (χ0n) is 26.0. The van der Waals surface area contributed by atoms with Crippen LogP contribution in [0.15, 0.2) is 41.9 Å². The van der Waals surface area contributed by atoms with Gasteiger partial charge >= 0.3 is 0 Å². The summed E-state index contributed by atoms with van der Waals surface area (Å²) in [5.74, 6) is 0.899. The minimum atomic E-state index is -0.441. The van der Waals surface area contributed by atoms with Gasteiger partial charge in [-0.3, -0.25) is 9.59 Å². The molecule has 1 saturated heterocycles. The maximum absolute atomic E-state index is 13.8. The number of hydrogen-bond acceptors (Lipinski definition) is 6. The first-order chi connectivity index (χ1) is 19.7. The molecule has 0 saturated carbocycles. The second-order valence-electron chi connectivity index (χ2n) is 12.1. The van der Waals surface area contributed by atoms with E-state index in [0.29, 0.717) is 37.1 Å². The average Bonchev–Trinajstić information content (AvgIpc) is 3.68. The minimum absolute atomic E-state index is 0.0872. The van der Waals surface area contributed by atoms with E-state index in [2.05, 4.69) is 50.1 Å². The van der Waals surface area contributed by atoms with E-state index in [-0.39, 0.29) is 30.0 Å². The molecule has 1 aromatic heterocycles. The first kappa shape index (κ1) is 33.2. The van der Waals surface area contributed by atoms with Gasteiger partial charge in [0.25, 0.3) is 0 Å². The fourth-order valence-corrected chi connectivity index (χ4v) is 7.03. The van der Waals surface area contributed by atoms with Crippen molar-refractivity contribution < 1.29 is 19.1 Å². The van der Waals surface area contributed by atoms with Gasteiger partial charge in [-0.15, -0.1) is 11.3 Å². The summed E-state index contributed by atoms with van der Waals surface area (Å²) in [7, 11) is 3.38. The number of rotatable bonds is 16. The summed E-state index contributed by atoms with van der Waals surface area (Å²) < 4.78 is 11.9. The summed E-state index contributed by atoms with van der Waals surface area (Å²) in [5, 5.41) is 6.06. The Morgan fingerprint density at radius 2 is 1.85 bits per heavy atom. The van der Waals surface area contributed by atoms with Crippen LogP contribution in [-0.2, 0) is 25.5 Å². The molecule has 2 heterocycles. The molecule has 0 aliphatic carbocycles. The predicted molar refractivity (Wildman–Crippen MR) is 166 cm³/mol. The largest absolute Gasteiger partial charge is 0.381 e. The Hall–Kier alpha value is -2.29. The first-order valence-electron chi connectivity index (χ1n) is 15.3. The fourth-order valence-electron chi connectivity index (χ4n) is 6.34. The summed E-state index contributed by atoms with van der Waals surface area (Å²) in [6, 6.07) is 9.76. The highest BCUT2D eigenvalue weighted by Gasteiger charge is 2.41. The second-order valence-corrected chi connectivity index (χ2v) is 13.0. The van der Waals surface area contributed by atoms with Gasteiger partial charge in [0.1, 0.15) is 5.01 Å². The molecule has 2 aromatic rings. The summed E-state index contributed by atoms with van der Waals surface area (Å²) in [6.45, 7) is 11.5. The number of nitrogens with zero attached hydrogens (tertiary/aromatic N) is 2. The number of carbonyl (C=O) groups excluding carboxylic acids is 2. The van der Waals surface area contributed by atoms with E-state index >= 15 is 0 Å². The van der Waals surface area contributed by atoms with Crippen molar-refractivity contribution in [2.75, 3.05) is 20.8 Å². The van der Waals surface area contributed by atoms with Crippen molar-refractivity contribution in [3.63, 3.8) is 0 Å². The Labute approximate surface area is 251 Å². The van der Waals surface area contributed by atoms with Gasteiger partial charge in [-0.1, -0.05) is 71.4 Å². The van der Waals surface area contributed by atoms with E-state index < -0.39 is 12.0 Å². The molecule has 2 amide bonds. The molecule has 41 heavy (non-hydrogen) atoms. The topological polar surface area (TPSA) is 80.8 Å². The van der Waals surface area contributed by atoms with E-state index in [1.165, 1.54) is 0 Å². The first-order valence-corrected chi connectivity index (χ1v) is 16.2. The molecule has 3 rings (SSSR count). The summed E-state index contributed by atoms with van der Waals surface area (Å²) in [6.07, 6.45) is 6.07. The van der Waals surface area contributed by atoms with Crippen molar-refractivity contribution in [3.05, 3.63) is 52.5 Å². The second kappa shape index (κ2) is 16.4. The Kier molecular flexibility index (Phi) is 13.3. The van der Waals surface area contributed by atoms with Gasteiger partial charge in [0.2, 0.25) is 11.8 Å². The fraction of sp³-hybridized carbons (Fsp3) is 0.667. The van der Waals surface area contributed by atoms with Crippen molar-refractivity contribution in [2.45, 2.75) is 97.4 Å². The highest BCUT2D eigenvalue weighted by Crippen LogP contribution is 2.32. The number of hydrogen-bond donors (Lipinski definition) is 1. The number of carbonyl (C=O) groups is 2. The molecule has 7 atom stereocenters. The molecule has 0 spiro atoms. The number of nitrogens with one attached hydrogen (secondary N) is 1. The third-order valence-electron chi connectivity index (χ3n) is 8.80. The van der Waals surface area contributed by atoms with Crippen molar-refractivity contribution >= 4 is 23.2 Å².